The van der Waals surface area contributed by atoms with Crippen molar-refractivity contribution in [1.82, 2.24) is 19.2 Å². The minimum Gasteiger partial charge on any atom is -0.339 e. The van der Waals surface area contributed by atoms with Crippen LogP contribution in [0, 0.1) is 5.92 Å². The van der Waals surface area contributed by atoms with E-state index in [0.29, 0.717) is 32.6 Å². The Kier molecular flexibility index (Phi) is 5.59. The largest absolute Gasteiger partial charge is 0.339 e. The molecule has 0 aromatic carbocycles. The Morgan fingerprint density at radius 1 is 1.29 bits per heavy atom. The summed E-state index contributed by atoms with van der Waals surface area (Å²) in [6.45, 7) is 7.59. The van der Waals surface area contributed by atoms with Gasteiger partial charge in [-0.25, -0.2) is 4.72 Å². The van der Waals surface area contributed by atoms with Crippen molar-refractivity contribution < 1.29 is 13.2 Å². The predicted octanol–water partition coefficient (Wildman–Crippen LogP) is -0.627. The monoisotopic (exact) mass is 318 g/mol. The summed E-state index contributed by atoms with van der Waals surface area (Å²) < 4.78 is 28.7. The van der Waals surface area contributed by atoms with E-state index in [1.54, 1.807) is 4.90 Å². The van der Waals surface area contributed by atoms with Gasteiger partial charge in [-0.2, -0.15) is 12.7 Å². The summed E-state index contributed by atoms with van der Waals surface area (Å²) in [6, 6.07) is -0.534. The SMILES string of the molecule is CC(C)CNS(=O)(=O)N1CCCC1C(=O)N1CCNCC1. The van der Waals surface area contributed by atoms with Gasteiger partial charge in [0, 0.05) is 39.3 Å². The third-order valence-corrected chi connectivity index (χ3v) is 5.49. The zero-order valence-corrected chi connectivity index (χ0v) is 13.7. The average molecular weight is 318 g/mol. The van der Waals surface area contributed by atoms with Gasteiger partial charge in [0.2, 0.25) is 5.91 Å². The van der Waals surface area contributed by atoms with E-state index < -0.39 is 16.3 Å². The average Bonchev–Trinajstić information content (AvgIpc) is 2.96. The smallest absolute Gasteiger partial charge is 0.280 e. The minimum atomic E-state index is -3.57. The molecule has 2 fully saturated rings. The van der Waals surface area contributed by atoms with Crippen molar-refractivity contribution in [3.8, 4) is 0 Å². The Morgan fingerprint density at radius 3 is 2.57 bits per heavy atom. The van der Waals surface area contributed by atoms with Gasteiger partial charge in [-0.1, -0.05) is 13.8 Å². The third-order valence-electron chi connectivity index (χ3n) is 3.90. The van der Waals surface area contributed by atoms with E-state index in [4.69, 9.17) is 0 Å². The third kappa shape index (κ3) is 4.15. The van der Waals surface area contributed by atoms with Gasteiger partial charge >= 0.3 is 0 Å². The van der Waals surface area contributed by atoms with Gasteiger partial charge in [0.15, 0.2) is 0 Å². The van der Waals surface area contributed by atoms with Gasteiger partial charge < -0.3 is 10.2 Å². The van der Waals surface area contributed by atoms with Crippen molar-refractivity contribution in [1.29, 1.82) is 0 Å². The highest BCUT2D eigenvalue weighted by Crippen LogP contribution is 2.22. The molecule has 2 aliphatic rings. The Hall–Kier alpha value is -0.700. The molecule has 2 saturated heterocycles. The molecule has 21 heavy (non-hydrogen) atoms. The fourth-order valence-corrected chi connectivity index (χ4v) is 4.34. The number of nitrogens with zero attached hydrogens (tertiary/aromatic N) is 2. The predicted molar refractivity (Wildman–Crippen MR) is 80.9 cm³/mol. The lowest BCUT2D eigenvalue weighted by Gasteiger charge is -2.32. The maximum atomic E-state index is 12.6. The van der Waals surface area contributed by atoms with Crippen molar-refractivity contribution in [2.24, 2.45) is 5.92 Å². The summed E-state index contributed by atoms with van der Waals surface area (Å²) in [5.74, 6) is 0.189. The highest BCUT2D eigenvalue weighted by Gasteiger charge is 2.40. The Balaban J connectivity index is 2.03. The molecule has 1 unspecified atom stereocenters. The van der Waals surface area contributed by atoms with Gasteiger partial charge in [-0.15, -0.1) is 0 Å². The van der Waals surface area contributed by atoms with Crippen molar-refractivity contribution in [2.75, 3.05) is 39.3 Å². The molecule has 1 amide bonds. The van der Waals surface area contributed by atoms with Crippen LogP contribution in [0.5, 0.6) is 0 Å². The lowest BCUT2D eigenvalue weighted by molar-refractivity contribution is -0.135. The molecule has 0 saturated carbocycles. The summed E-state index contributed by atoms with van der Waals surface area (Å²) >= 11 is 0. The van der Waals surface area contributed by atoms with Gasteiger partial charge in [-0.05, 0) is 18.8 Å². The summed E-state index contributed by atoms with van der Waals surface area (Å²) in [5, 5.41) is 3.20. The highest BCUT2D eigenvalue weighted by atomic mass is 32.2. The van der Waals surface area contributed by atoms with Crippen LogP contribution in [0.25, 0.3) is 0 Å². The van der Waals surface area contributed by atoms with Crippen LogP contribution in [-0.4, -0.2) is 68.8 Å². The second-order valence-electron chi connectivity index (χ2n) is 6.09. The van der Waals surface area contributed by atoms with Crippen molar-refractivity contribution in [2.45, 2.75) is 32.7 Å². The topological polar surface area (TPSA) is 81.8 Å². The number of amides is 1. The minimum absolute atomic E-state index is 0.0519. The van der Waals surface area contributed by atoms with E-state index in [1.807, 2.05) is 13.8 Å². The number of nitrogens with one attached hydrogen (secondary N) is 2. The number of carbonyl (C=O) groups excluding carboxylic acids is 1. The zero-order chi connectivity index (χ0) is 15.5. The number of hydrogen-bond acceptors (Lipinski definition) is 4. The van der Waals surface area contributed by atoms with Crippen LogP contribution in [0.15, 0.2) is 0 Å². The second kappa shape index (κ2) is 7.04. The van der Waals surface area contributed by atoms with Crippen LogP contribution in [0.3, 0.4) is 0 Å². The first kappa shape index (κ1) is 16.7. The molecule has 1 atom stereocenters. The van der Waals surface area contributed by atoms with E-state index in [1.165, 1.54) is 4.31 Å². The molecule has 2 heterocycles. The van der Waals surface area contributed by atoms with E-state index in [-0.39, 0.29) is 11.8 Å². The molecule has 0 aromatic heterocycles. The first-order chi connectivity index (χ1) is 9.92. The normalized spacial score (nSPS) is 24.7. The Morgan fingerprint density at radius 2 is 1.95 bits per heavy atom. The van der Waals surface area contributed by atoms with Crippen molar-refractivity contribution in [3.05, 3.63) is 0 Å². The van der Waals surface area contributed by atoms with Crippen LogP contribution in [-0.2, 0) is 15.0 Å². The second-order valence-corrected chi connectivity index (χ2v) is 7.80. The molecular weight excluding hydrogens is 292 g/mol. The fraction of sp³-hybridized carbons (Fsp3) is 0.923. The van der Waals surface area contributed by atoms with Crippen molar-refractivity contribution in [3.63, 3.8) is 0 Å². The Labute approximate surface area is 127 Å². The van der Waals surface area contributed by atoms with Crippen LogP contribution in [0.1, 0.15) is 26.7 Å². The number of piperazine rings is 1. The van der Waals surface area contributed by atoms with Gasteiger partial charge in [-0.3, -0.25) is 4.79 Å². The Bertz CT molecular complexity index is 460. The fourth-order valence-electron chi connectivity index (χ4n) is 2.73. The van der Waals surface area contributed by atoms with Crippen LogP contribution < -0.4 is 10.0 Å². The van der Waals surface area contributed by atoms with Crippen LogP contribution in [0.4, 0.5) is 0 Å². The lowest BCUT2D eigenvalue weighted by atomic mass is 10.2. The van der Waals surface area contributed by atoms with E-state index >= 15 is 0 Å². The molecule has 2 aliphatic heterocycles. The number of carbonyl (C=O) groups is 1. The molecule has 0 radical (unpaired) electrons. The maximum absolute atomic E-state index is 12.6. The first-order valence-corrected chi connectivity index (χ1v) is 9.12. The van der Waals surface area contributed by atoms with E-state index in [0.717, 1.165) is 19.5 Å². The summed E-state index contributed by atoms with van der Waals surface area (Å²) in [4.78, 5) is 14.3. The molecule has 2 rings (SSSR count). The van der Waals surface area contributed by atoms with Gasteiger partial charge in [0.1, 0.15) is 6.04 Å². The maximum Gasteiger partial charge on any atom is 0.280 e. The first-order valence-electron chi connectivity index (χ1n) is 7.68. The molecule has 0 aromatic rings. The lowest BCUT2D eigenvalue weighted by Crippen LogP contribution is -2.55. The number of hydrogen-bond donors (Lipinski definition) is 2. The summed E-state index contributed by atoms with van der Waals surface area (Å²) in [5.41, 5.74) is 0. The molecule has 7 nitrogen and oxygen atoms in total. The van der Waals surface area contributed by atoms with Crippen molar-refractivity contribution >= 4 is 16.1 Å². The molecule has 0 aliphatic carbocycles. The molecule has 0 bridgehead atoms. The van der Waals surface area contributed by atoms with E-state index in [9.17, 15) is 13.2 Å². The summed E-state index contributed by atoms with van der Waals surface area (Å²) in [6.07, 6.45) is 1.36. The van der Waals surface area contributed by atoms with Crippen LogP contribution in [0.2, 0.25) is 0 Å². The molecule has 8 heteroatoms. The van der Waals surface area contributed by atoms with Gasteiger partial charge in [0.05, 0.1) is 0 Å². The zero-order valence-electron chi connectivity index (χ0n) is 12.8. The summed E-state index contributed by atoms with van der Waals surface area (Å²) in [7, 11) is -3.57. The highest BCUT2D eigenvalue weighted by molar-refractivity contribution is 7.87. The number of rotatable bonds is 5. The van der Waals surface area contributed by atoms with Crippen LogP contribution >= 0.6 is 0 Å². The van der Waals surface area contributed by atoms with Gasteiger partial charge in [0.25, 0.3) is 10.2 Å². The molecular formula is C13H26N4O3S. The molecule has 122 valence electrons. The standard InChI is InChI=1S/C13H26N4O3S/c1-11(2)10-15-21(19,20)17-7-3-4-12(17)13(18)16-8-5-14-6-9-16/h11-12,14-15H,3-10H2,1-2H3. The molecule has 2 N–H and O–H groups in total. The molecule has 0 spiro atoms. The van der Waals surface area contributed by atoms with E-state index in [2.05, 4.69) is 10.0 Å². The quantitative estimate of drug-likeness (QED) is 0.707.